The van der Waals surface area contributed by atoms with Crippen molar-refractivity contribution in [3.63, 3.8) is 0 Å². The Bertz CT molecular complexity index is 511. The van der Waals surface area contributed by atoms with Crippen molar-refractivity contribution in [1.82, 2.24) is 10.2 Å². The molecule has 1 atom stereocenters. The van der Waals surface area contributed by atoms with Gasteiger partial charge in [0.15, 0.2) is 0 Å². The molecule has 1 aromatic rings. The molecule has 8 heteroatoms. The van der Waals surface area contributed by atoms with Crippen molar-refractivity contribution in [2.45, 2.75) is 12.0 Å². The highest BCUT2D eigenvalue weighted by Crippen LogP contribution is 2.40. The van der Waals surface area contributed by atoms with Gasteiger partial charge in [0.25, 0.3) is 5.92 Å². The highest BCUT2D eigenvalue weighted by Gasteiger charge is 2.44. The van der Waals surface area contributed by atoms with Gasteiger partial charge in [-0.25, -0.2) is 8.78 Å². The molecule has 1 aliphatic heterocycles. The smallest absolute Gasteiger partial charge is 0.289 e. The van der Waals surface area contributed by atoms with Crippen molar-refractivity contribution < 1.29 is 13.9 Å². The van der Waals surface area contributed by atoms with Crippen LogP contribution < -0.4 is 10.2 Å². The summed E-state index contributed by atoms with van der Waals surface area (Å²) in [5.41, 5.74) is 1.20. The molecule has 1 aromatic carbocycles. The summed E-state index contributed by atoms with van der Waals surface area (Å²) in [6, 6.07) is 3.86. The quantitative estimate of drug-likeness (QED) is 0.835. The minimum absolute atomic E-state index is 0. The lowest BCUT2D eigenvalue weighted by molar-refractivity contribution is -0.118. The number of anilines is 1. The summed E-state index contributed by atoms with van der Waals surface area (Å²) in [4.78, 5) is 3.54. The third kappa shape index (κ3) is 4.67. The van der Waals surface area contributed by atoms with Crippen LogP contribution in [0.25, 0.3) is 0 Å². The summed E-state index contributed by atoms with van der Waals surface area (Å²) >= 11 is 6.27. The number of alkyl halides is 2. The van der Waals surface area contributed by atoms with Crippen LogP contribution in [0.1, 0.15) is 11.6 Å². The Balaban J connectivity index is 0.00000264. The third-order valence-electron chi connectivity index (χ3n) is 3.92. The van der Waals surface area contributed by atoms with Crippen LogP contribution in [0.2, 0.25) is 5.02 Å². The highest BCUT2D eigenvalue weighted by molar-refractivity contribution is 6.31. The molecule has 1 saturated heterocycles. The third-order valence-corrected chi connectivity index (χ3v) is 4.25. The van der Waals surface area contributed by atoms with Gasteiger partial charge in [0.2, 0.25) is 0 Å². The number of piperazine rings is 1. The van der Waals surface area contributed by atoms with E-state index in [1.807, 2.05) is 19.0 Å². The van der Waals surface area contributed by atoms with Gasteiger partial charge in [0.1, 0.15) is 12.6 Å². The number of aliphatic hydroxyl groups is 1. The maximum atomic E-state index is 14.3. The Hall–Kier alpha value is -0.660. The van der Waals surface area contributed by atoms with E-state index >= 15 is 0 Å². The first-order valence-electron chi connectivity index (χ1n) is 7.27. The van der Waals surface area contributed by atoms with E-state index in [-0.39, 0.29) is 12.4 Å². The SMILES string of the molecule is CN(C)c1ccc([C@H](N2CCNCC2)C(F)(F)CO)c(Cl)c1.Cl. The average Bonchev–Trinajstić information content (AvgIpc) is 2.50. The number of benzene rings is 1. The lowest BCUT2D eigenvalue weighted by Gasteiger charge is -2.39. The maximum Gasteiger partial charge on any atom is 0.289 e. The number of nitrogens with zero attached hydrogens (tertiary/aromatic N) is 2. The van der Waals surface area contributed by atoms with Crippen molar-refractivity contribution in [2.24, 2.45) is 0 Å². The van der Waals surface area contributed by atoms with Crippen LogP contribution in [-0.4, -0.2) is 62.8 Å². The van der Waals surface area contributed by atoms with E-state index < -0.39 is 18.6 Å². The Kier molecular flexibility index (Phi) is 7.48. The van der Waals surface area contributed by atoms with E-state index in [0.29, 0.717) is 36.8 Å². The Morgan fingerprint density at radius 3 is 2.43 bits per heavy atom. The summed E-state index contributed by atoms with van der Waals surface area (Å²) in [5.74, 6) is -3.25. The summed E-state index contributed by atoms with van der Waals surface area (Å²) in [7, 11) is 3.73. The standard InChI is InChI=1S/C15H22ClF2N3O.ClH/c1-20(2)11-3-4-12(13(16)9-11)14(15(17,18)10-22)21-7-5-19-6-8-21;/h3-4,9,14,19,22H,5-8,10H2,1-2H3;1H/t14-;/m0./s1. The minimum atomic E-state index is -3.25. The van der Waals surface area contributed by atoms with Crippen molar-refractivity contribution in [1.29, 1.82) is 0 Å². The fraction of sp³-hybridized carbons (Fsp3) is 0.600. The van der Waals surface area contributed by atoms with E-state index in [0.717, 1.165) is 5.69 Å². The van der Waals surface area contributed by atoms with Crippen LogP contribution in [0.4, 0.5) is 14.5 Å². The lowest BCUT2D eigenvalue weighted by Crippen LogP contribution is -2.51. The lowest BCUT2D eigenvalue weighted by atomic mass is 9.97. The number of hydrogen-bond acceptors (Lipinski definition) is 4. The molecule has 0 radical (unpaired) electrons. The van der Waals surface area contributed by atoms with E-state index in [9.17, 15) is 8.78 Å². The van der Waals surface area contributed by atoms with Gasteiger partial charge in [0, 0.05) is 51.0 Å². The van der Waals surface area contributed by atoms with Crippen LogP contribution in [0.15, 0.2) is 18.2 Å². The highest BCUT2D eigenvalue weighted by atomic mass is 35.5. The molecule has 0 amide bonds. The van der Waals surface area contributed by atoms with E-state index in [1.54, 1.807) is 23.1 Å². The molecule has 0 aromatic heterocycles. The molecule has 0 saturated carbocycles. The molecular formula is C15H23Cl2F2N3O. The average molecular weight is 370 g/mol. The summed E-state index contributed by atoms with van der Waals surface area (Å²) in [5, 5.41) is 12.6. The van der Waals surface area contributed by atoms with Gasteiger partial charge >= 0.3 is 0 Å². The van der Waals surface area contributed by atoms with Crippen LogP contribution in [0, 0.1) is 0 Å². The van der Waals surface area contributed by atoms with Gasteiger partial charge < -0.3 is 15.3 Å². The molecule has 2 N–H and O–H groups in total. The largest absolute Gasteiger partial charge is 0.390 e. The van der Waals surface area contributed by atoms with E-state index in [2.05, 4.69) is 5.32 Å². The molecule has 0 spiro atoms. The molecule has 2 rings (SSSR count). The molecule has 0 unspecified atom stereocenters. The van der Waals surface area contributed by atoms with Crippen LogP contribution >= 0.6 is 24.0 Å². The Morgan fingerprint density at radius 2 is 1.96 bits per heavy atom. The zero-order chi connectivity index (χ0) is 16.3. The van der Waals surface area contributed by atoms with Gasteiger partial charge in [-0.1, -0.05) is 17.7 Å². The second kappa shape index (κ2) is 8.44. The summed E-state index contributed by atoms with van der Waals surface area (Å²) < 4.78 is 28.7. The summed E-state index contributed by atoms with van der Waals surface area (Å²) in [6.07, 6.45) is 0. The predicted octanol–water partition coefficient (Wildman–Crippen LogP) is 2.40. The van der Waals surface area contributed by atoms with Crippen LogP contribution in [-0.2, 0) is 0 Å². The van der Waals surface area contributed by atoms with Crippen molar-refractivity contribution in [2.75, 3.05) is 51.8 Å². The molecule has 4 nitrogen and oxygen atoms in total. The fourth-order valence-electron chi connectivity index (χ4n) is 2.73. The molecule has 0 aliphatic carbocycles. The zero-order valence-electron chi connectivity index (χ0n) is 13.2. The first-order chi connectivity index (χ1) is 10.4. The number of nitrogens with one attached hydrogen (secondary N) is 1. The maximum absolute atomic E-state index is 14.3. The topological polar surface area (TPSA) is 38.7 Å². The zero-order valence-corrected chi connectivity index (χ0v) is 14.8. The van der Waals surface area contributed by atoms with Gasteiger partial charge in [-0.3, -0.25) is 4.90 Å². The van der Waals surface area contributed by atoms with Crippen LogP contribution in [0.5, 0.6) is 0 Å². The number of hydrogen-bond donors (Lipinski definition) is 2. The van der Waals surface area contributed by atoms with Gasteiger partial charge in [0.05, 0.1) is 0 Å². The minimum Gasteiger partial charge on any atom is -0.390 e. The van der Waals surface area contributed by atoms with Crippen LogP contribution in [0.3, 0.4) is 0 Å². The first-order valence-corrected chi connectivity index (χ1v) is 7.65. The second-order valence-electron chi connectivity index (χ2n) is 5.71. The van der Waals surface area contributed by atoms with Gasteiger partial charge in [-0.05, 0) is 17.7 Å². The predicted molar refractivity (Wildman–Crippen MR) is 92.2 cm³/mol. The molecule has 1 heterocycles. The molecular weight excluding hydrogens is 347 g/mol. The van der Waals surface area contributed by atoms with Gasteiger partial charge in [-0.15, -0.1) is 12.4 Å². The second-order valence-corrected chi connectivity index (χ2v) is 6.12. The number of aliphatic hydroxyl groups excluding tert-OH is 1. The normalized spacial score (nSPS) is 17.5. The summed E-state index contributed by atoms with van der Waals surface area (Å²) in [6.45, 7) is 1.07. The van der Waals surface area contributed by atoms with Gasteiger partial charge in [-0.2, -0.15) is 0 Å². The number of halogens is 4. The van der Waals surface area contributed by atoms with Crippen molar-refractivity contribution in [3.05, 3.63) is 28.8 Å². The van der Waals surface area contributed by atoms with Crippen molar-refractivity contribution in [3.8, 4) is 0 Å². The Labute approximate surface area is 146 Å². The molecule has 23 heavy (non-hydrogen) atoms. The Morgan fingerprint density at radius 1 is 1.35 bits per heavy atom. The molecule has 132 valence electrons. The molecule has 1 fully saturated rings. The number of rotatable bonds is 5. The first kappa shape index (κ1) is 20.4. The van der Waals surface area contributed by atoms with Crippen molar-refractivity contribution >= 4 is 29.7 Å². The van der Waals surface area contributed by atoms with E-state index in [1.165, 1.54) is 0 Å². The fourth-order valence-corrected chi connectivity index (χ4v) is 3.01. The molecule has 0 bridgehead atoms. The molecule has 1 aliphatic rings. The van der Waals surface area contributed by atoms with E-state index in [4.69, 9.17) is 16.7 Å². The monoisotopic (exact) mass is 369 g/mol.